The average Bonchev–Trinajstić information content (AvgIpc) is 2.98. The van der Waals surface area contributed by atoms with Crippen LogP contribution in [0.4, 0.5) is 0 Å². The lowest BCUT2D eigenvalue weighted by Crippen LogP contribution is -2.30. The molecule has 0 aromatic rings. The van der Waals surface area contributed by atoms with Crippen LogP contribution in [0.15, 0.2) is 12.2 Å². The second-order valence-corrected chi connectivity index (χ2v) is 11.6. The summed E-state index contributed by atoms with van der Waals surface area (Å²) < 4.78 is 56.8. The molecule has 0 fully saturated rings. The Kier molecular flexibility index (Phi) is 24.4. The molecule has 0 bridgehead atoms. The second kappa shape index (κ2) is 25.1. The highest BCUT2D eigenvalue weighted by atomic mass is 16.6. The van der Waals surface area contributed by atoms with Gasteiger partial charge in [-0.25, -0.2) is 4.79 Å². The predicted molar refractivity (Wildman–Crippen MR) is 166 cm³/mol. The fourth-order valence-corrected chi connectivity index (χ4v) is 3.17. The lowest BCUT2D eigenvalue weighted by Gasteiger charge is -2.23. The Balaban J connectivity index is 3.92. The monoisotopic (exact) mass is 622 g/mol. The van der Waals surface area contributed by atoms with Gasteiger partial charge in [0, 0.05) is 12.7 Å². The van der Waals surface area contributed by atoms with Gasteiger partial charge in [0.1, 0.15) is 6.61 Å². The molecule has 256 valence electrons. The first-order chi connectivity index (χ1) is 20.2. The minimum atomic E-state index is -0.417. The van der Waals surface area contributed by atoms with E-state index in [0.717, 1.165) is 0 Å². The number of hydrogen-bond donors (Lipinski definition) is 0. The Hall–Kier alpha value is -1.15. The van der Waals surface area contributed by atoms with Crippen LogP contribution in [0.1, 0.15) is 69.2 Å². The summed E-state index contributed by atoms with van der Waals surface area (Å²) in [4.78, 5) is 11.5. The molecule has 0 saturated heterocycles. The van der Waals surface area contributed by atoms with Crippen molar-refractivity contribution in [1.82, 2.24) is 0 Å². The molecule has 0 heterocycles. The Morgan fingerprint density at radius 3 is 0.860 bits per heavy atom. The number of esters is 1. The van der Waals surface area contributed by atoms with Crippen molar-refractivity contribution < 1.29 is 52.2 Å². The van der Waals surface area contributed by atoms with Crippen LogP contribution in [0.2, 0.25) is 0 Å². The van der Waals surface area contributed by atoms with E-state index >= 15 is 0 Å². The maximum Gasteiger partial charge on any atom is 0.333 e. The summed E-state index contributed by atoms with van der Waals surface area (Å²) in [5.41, 5.74) is 0.366. The second-order valence-electron chi connectivity index (χ2n) is 11.6. The van der Waals surface area contributed by atoms with Gasteiger partial charge in [0.2, 0.25) is 0 Å². The molecule has 0 aliphatic rings. The van der Waals surface area contributed by atoms with Gasteiger partial charge in [-0.1, -0.05) is 6.58 Å². The van der Waals surface area contributed by atoms with Crippen LogP contribution >= 0.6 is 0 Å². The molecule has 11 heteroatoms. The smallest absolute Gasteiger partial charge is 0.333 e. The minimum absolute atomic E-state index is 0.0114. The first-order valence-corrected chi connectivity index (χ1v) is 15.5. The molecule has 0 spiro atoms. The topological polar surface area (TPSA) is 109 Å². The van der Waals surface area contributed by atoms with Gasteiger partial charge in [0.25, 0.3) is 0 Å². The molecule has 0 rings (SSSR count). The van der Waals surface area contributed by atoms with Gasteiger partial charge in [-0.2, -0.15) is 0 Å². The number of hydrogen-bond acceptors (Lipinski definition) is 11. The Morgan fingerprint density at radius 1 is 0.442 bits per heavy atom. The van der Waals surface area contributed by atoms with Gasteiger partial charge < -0.3 is 47.4 Å². The number of rotatable bonds is 28. The highest BCUT2D eigenvalue weighted by molar-refractivity contribution is 5.86. The molecule has 0 aromatic heterocycles. The van der Waals surface area contributed by atoms with Gasteiger partial charge in [-0.15, -0.1) is 0 Å². The molecule has 0 aromatic carbocycles. The van der Waals surface area contributed by atoms with Crippen LogP contribution in [-0.2, 0) is 52.2 Å². The molecular formula is C32H62O11. The third-order valence-electron chi connectivity index (χ3n) is 6.12. The van der Waals surface area contributed by atoms with Crippen molar-refractivity contribution in [3.8, 4) is 0 Å². The molecule has 9 unspecified atom stereocenters. The molecule has 0 saturated carbocycles. The van der Waals surface area contributed by atoms with Crippen molar-refractivity contribution in [2.45, 2.75) is 124 Å². The van der Waals surface area contributed by atoms with Gasteiger partial charge >= 0.3 is 5.97 Å². The molecule has 43 heavy (non-hydrogen) atoms. The normalized spacial score (nSPS) is 18.2. The van der Waals surface area contributed by atoms with Gasteiger partial charge in [0.05, 0.1) is 108 Å². The van der Waals surface area contributed by atoms with Crippen LogP contribution in [-0.4, -0.2) is 127 Å². The molecule has 11 nitrogen and oxygen atoms in total. The van der Waals surface area contributed by atoms with E-state index in [-0.39, 0.29) is 61.5 Å². The Labute approximate surface area is 261 Å². The van der Waals surface area contributed by atoms with Crippen LogP contribution < -0.4 is 0 Å². The molecule has 0 amide bonds. The van der Waals surface area contributed by atoms with E-state index in [2.05, 4.69) is 6.58 Å². The van der Waals surface area contributed by atoms with E-state index in [9.17, 15) is 4.79 Å². The summed E-state index contributed by atoms with van der Waals surface area (Å²) in [7, 11) is 1.67. The van der Waals surface area contributed by atoms with Crippen molar-refractivity contribution >= 4 is 5.97 Å². The zero-order valence-electron chi connectivity index (χ0n) is 28.8. The van der Waals surface area contributed by atoms with Crippen molar-refractivity contribution in [2.75, 3.05) is 66.6 Å². The average molecular weight is 623 g/mol. The summed E-state index contributed by atoms with van der Waals surface area (Å²) in [5.74, 6) is -0.417. The Bertz CT molecular complexity index is 707. The van der Waals surface area contributed by atoms with Crippen molar-refractivity contribution in [3.63, 3.8) is 0 Å². The number of ether oxygens (including phenoxy) is 10. The molecule has 0 N–H and O–H groups in total. The maximum atomic E-state index is 11.5. The molecule has 0 aliphatic carbocycles. The van der Waals surface area contributed by atoms with E-state index in [4.69, 9.17) is 47.4 Å². The lowest BCUT2D eigenvalue weighted by atomic mass is 10.3. The van der Waals surface area contributed by atoms with Crippen LogP contribution in [0.25, 0.3) is 0 Å². The van der Waals surface area contributed by atoms with Gasteiger partial charge in [0.15, 0.2) is 0 Å². The molecule has 9 atom stereocenters. The summed E-state index contributed by atoms with van der Waals surface area (Å²) in [6.07, 6.45) is -0.698. The highest BCUT2D eigenvalue weighted by Crippen LogP contribution is 2.06. The van der Waals surface area contributed by atoms with Crippen LogP contribution in [0.3, 0.4) is 0 Å². The molecule has 0 aliphatic heterocycles. The van der Waals surface area contributed by atoms with Crippen molar-refractivity contribution in [3.05, 3.63) is 12.2 Å². The van der Waals surface area contributed by atoms with Crippen LogP contribution in [0.5, 0.6) is 0 Å². The van der Waals surface area contributed by atoms with Crippen molar-refractivity contribution in [2.24, 2.45) is 0 Å². The predicted octanol–water partition coefficient (Wildman–Crippen LogP) is 4.38. The summed E-state index contributed by atoms with van der Waals surface area (Å²) in [6, 6.07) is 0. The van der Waals surface area contributed by atoms with E-state index in [0.29, 0.717) is 58.4 Å². The Morgan fingerprint density at radius 2 is 0.651 bits per heavy atom. The first-order valence-electron chi connectivity index (χ1n) is 15.5. The van der Waals surface area contributed by atoms with E-state index in [1.165, 1.54) is 0 Å². The number of carbonyl (C=O) groups is 1. The number of carbonyl (C=O) groups excluding carboxylic acids is 1. The summed E-state index contributed by atoms with van der Waals surface area (Å²) in [5, 5.41) is 0. The third-order valence-corrected chi connectivity index (χ3v) is 6.12. The third kappa shape index (κ3) is 24.8. The zero-order valence-corrected chi connectivity index (χ0v) is 28.8. The fourth-order valence-electron chi connectivity index (χ4n) is 3.17. The van der Waals surface area contributed by atoms with E-state index in [1.807, 2.05) is 62.3 Å². The maximum absolute atomic E-state index is 11.5. The standard InChI is InChI=1S/C32H62O11/c1-22(2)32(33)43-21-31(11)42-20-30(10)41-19-29(9)40-18-28(8)39-17-27(7)38-16-26(6)37-15-25(5)36-14-24(4)35-13-23(3)34-12/h23-31H,1,13-21H2,2-12H3. The molecular weight excluding hydrogens is 560 g/mol. The van der Waals surface area contributed by atoms with Gasteiger partial charge in [-0.3, -0.25) is 0 Å². The summed E-state index contributed by atoms with van der Waals surface area (Å²) >= 11 is 0. The minimum Gasteiger partial charge on any atom is -0.460 e. The first kappa shape index (κ1) is 41.9. The van der Waals surface area contributed by atoms with E-state index in [1.54, 1.807) is 14.0 Å². The van der Waals surface area contributed by atoms with Crippen LogP contribution in [0, 0.1) is 0 Å². The fraction of sp³-hybridized carbons (Fsp3) is 0.906. The quantitative estimate of drug-likeness (QED) is 0.0916. The number of methoxy groups -OCH3 is 1. The largest absolute Gasteiger partial charge is 0.460 e. The summed E-state index contributed by atoms with van der Waals surface area (Å²) in [6.45, 7) is 26.6. The van der Waals surface area contributed by atoms with E-state index < -0.39 is 5.97 Å². The zero-order chi connectivity index (χ0) is 32.8. The highest BCUT2D eigenvalue weighted by Gasteiger charge is 2.15. The lowest BCUT2D eigenvalue weighted by molar-refractivity contribution is -0.144. The van der Waals surface area contributed by atoms with Crippen molar-refractivity contribution in [1.29, 1.82) is 0 Å². The molecule has 0 radical (unpaired) electrons. The SMILES string of the molecule is C=C(C)C(=O)OCC(C)OCC(C)OCC(C)OCC(C)OCC(C)OCC(C)OCC(C)OCC(C)OCC(C)OC. The van der Waals surface area contributed by atoms with Gasteiger partial charge in [-0.05, 0) is 69.2 Å².